The van der Waals surface area contributed by atoms with E-state index in [1.165, 1.54) is 0 Å². The second kappa shape index (κ2) is 3.67. The van der Waals surface area contributed by atoms with Crippen LogP contribution in [0.5, 0.6) is 0 Å². The highest BCUT2D eigenvalue weighted by atomic mass is 16.9. The molecule has 0 fully saturated rings. The van der Waals surface area contributed by atoms with Crippen molar-refractivity contribution in [1.29, 1.82) is 0 Å². The third-order valence-corrected chi connectivity index (χ3v) is 1.29. The van der Waals surface area contributed by atoms with Crippen LogP contribution >= 0.6 is 0 Å². The van der Waals surface area contributed by atoms with Crippen LogP contribution in [0.3, 0.4) is 0 Å². The Morgan fingerprint density at radius 1 is 1.77 bits per heavy atom. The van der Waals surface area contributed by atoms with Crippen LogP contribution in [0.2, 0.25) is 0 Å². The van der Waals surface area contributed by atoms with Crippen LogP contribution in [-0.2, 0) is 18.1 Å². The summed E-state index contributed by atoms with van der Waals surface area (Å²) < 4.78 is 4.19. The minimum absolute atomic E-state index is 0.00491. The molecule has 1 heterocycles. The summed E-state index contributed by atoms with van der Waals surface area (Å²) in [5.41, 5.74) is -0.129. The first kappa shape index (κ1) is 9.19. The van der Waals surface area contributed by atoms with E-state index in [0.29, 0.717) is 0 Å². The smallest absolute Gasteiger partial charge is 0.294 e. The number of hydrogen-bond acceptors (Lipinski definition) is 6. The molecule has 0 saturated heterocycles. The number of H-pyrrole nitrogens is 1. The van der Waals surface area contributed by atoms with E-state index in [1.54, 1.807) is 0 Å². The molecule has 0 spiro atoms. The number of aliphatic hydroxyl groups is 1. The fourth-order valence-corrected chi connectivity index (χ4v) is 0.698. The Bertz CT molecular complexity index is 353. The van der Waals surface area contributed by atoms with E-state index >= 15 is 0 Å². The normalized spacial score (nSPS) is 9.92. The summed E-state index contributed by atoms with van der Waals surface area (Å²) >= 11 is 0. The van der Waals surface area contributed by atoms with Crippen molar-refractivity contribution in [2.75, 3.05) is 0 Å². The average molecular weight is 192 g/mol. The zero-order valence-electron chi connectivity index (χ0n) is 6.30. The highest BCUT2D eigenvalue weighted by Crippen LogP contribution is 2.00. The second-order valence-electron chi connectivity index (χ2n) is 2.03. The van der Waals surface area contributed by atoms with Crippen LogP contribution in [-0.4, -0.2) is 15.3 Å². The SMILES string of the molecule is O=[N+]([O-])OCc1c(CO)[nH]o[n+]1=O. The quantitative estimate of drug-likeness (QED) is 0.452. The van der Waals surface area contributed by atoms with Crippen LogP contribution in [0.15, 0.2) is 4.63 Å². The minimum atomic E-state index is -1.05. The van der Waals surface area contributed by atoms with Crippen molar-refractivity contribution in [3.63, 3.8) is 0 Å². The molecule has 0 saturated carbocycles. The minimum Gasteiger partial charge on any atom is -0.388 e. The molecule has 0 aliphatic heterocycles. The molecule has 0 unspecified atom stereocenters. The van der Waals surface area contributed by atoms with E-state index < -0.39 is 18.3 Å². The van der Waals surface area contributed by atoms with Crippen molar-refractivity contribution in [1.82, 2.24) is 5.16 Å². The molecular weight excluding hydrogens is 186 g/mol. The number of nitrogens with zero attached hydrogens (tertiary/aromatic N) is 2. The van der Waals surface area contributed by atoms with Crippen LogP contribution < -0.4 is 4.60 Å². The standard InChI is InChI=1S/C4H6N3O6/c8-1-3-4(2-12-7(10)11)6(9)13-5-3/h5,8H,1-2H2/q+1. The summed E-state index contributed by atoms with van der Waals surface area (Å²) in [7, 11) is 0. The predicted octanol–water partition coefficient (Wildman–Crippen LogP) is -1.28. The summed E-state index contributed by atoms with van der Waals surface area (Å²) in [6.07, 6.45) is 0. The van der Waals surface area contributed by atoms with Crippen molar-refractivity contribution < 1.29 is 24.3 Å². The lowest BCUT2D eigenvalue weighted by Gasteiger charge is -1.89. The molecule has 2 N–H and O–H groups in total. The number of aromatic nitrogens is 2. The van der Waals surface area contributed by atoms with Crippen molar-refractivity contribution in [2.24, 2.45) is 0 Å². The summed E-state index contributed by atoms with van der Waals surface area (Å²) in [4.78, 5) is 24.4. The fourth-order valence-electron chi connectivity index (χ4n) is 0.698. The van der Waals surface area contributed by atoms with Crippen molar-refractivity contribution in [3.05, 3.63) is 26.4 Å². The summed E-state index contributed by atoms with van der Waals surface area (Å²) in [6.45, 7) is -1.06. The first-order valence-electron chi connectivity index (χ1n) is 3.15. The van der Waals surface area contributed by atoms with Gasteiger partial charge in [0, 0.05) is 0 Å². The average Bonchev–Trinajstić information content (AvgIpc) is 2.43. The van der Waals surface area contributed by atoms with E-state index in [2.05, 4.69) is 14.6 Å². The second-order valence-corrected chi connectivity index (χ2v) is 2.03. The Balaban J connectivity index is 2.79. The van der Waals surface area contributed by atoms with Gasteiger partial charge >= 0.3 is 0 Å². The van der Waals surface area contributed by atoms with Crippen LogP contribution in [0.1, 0.15) is 11.4 Å². The fraction of sp³-hybridized carbons (Fsp3) is 0.500. The molecule has 9 heteroatoms. The summed E-state index contributed by atoms with van der Waals surface area (Å²) in [6, 6.07) is 0. The van der Waals surface area contributed by atoms with Gasteiger partial charge in [0.2, 0.25) is 5.69 Å². The Labute approximate surface area is 70.2 Å². The Hall–Kier alpha value is -1.90. The molecule has 1 aromatic rings. The zero-order valence-corrected chi connectivity index (χ0v) is 6.30. The number of aromatic amines is 1. The zero-order chi connectivity index (χ0) is 9.84. The molecule has 0 aliphatic rings. The van der Waals surface area contributed by atoms with Gasteiger partial charge in [0.25, 0.3) is 10.8 Å². The maximum Gasteiger partial charge on any atom is 0.294 e. The third-order valence-electron chi connectivity index (χ3n) is 1.29. The van der Waals surface area contributed by atoms with Crippen LogP contribution in [0.4, 0.5) is 0 Å². The molecule has 0 radical (unpaired) electrons. The van der Waals surface area contributed by atoms with Crippen molar-refractivity contribution in [2.45, 2.75) is 13.2 Å². The number of rotatable bonds is 4. The lowest BCUT2D eigenvalue weighted by molar-refractivity contribution is -0.777. The highest BCUT2D eigenvalue weighted by molar-refractivity contribution is 4.99. The molecule has 0 aliphatic carbocycles. The Morgan fingerprint density at radius 3 is 3.00 bits per heavy atom. The molecule has 1 rings (SSSR count). The monoisotopic (exact) mass is 192 g/mol. The Morgan fingerprint density at radius 2 is 2.46 bits per heavy atom. The van der Waals surface area contributed by atoms with Gasteiger partial charge in [-0.05, 0) is 4.91 Å². The molecule has 0 aromatic carbocycles. The molecular formula is C4H6N3O6+. The van der Waals surface area contributed by atoms with Gasteiger partial charge in [0.05, 0.1) is 0 Å². The van der Waals surface area contributed by atoms with Gasteiger partial charge in [-0.2, -0.15) is 0 Å². The van der Waals surface area contributed by atoms with Gasteiger partial charge in [-0.25, -0.2) is 0 Å². The summed E-state index contributed by atoms with van der Waals surface area (Å²) in [5, 5.41) is 19.4. The number of nitrogens with one attached hydrogen (secondary N) is 1. The molecule has 9 nitrogen and oxygen atoms in total. The lowest BCUT2D eigenvalue weighted by Crippen LogP contribution is -2.19. The predicted molar refractivity (Wildman–Crippen MR) is 34.1 cm³/mol. The molecule has 72 valence electrons. The van der Waals surface area contributed by atoms with E-state index in [0.717, 1.165) is 0 Å². The van der Waals surface area contributed by atoms with Gasteiger partial charge in [-0.1, -0.05) is 9.79 Å². The van der Waals surface area contributed by atoms with Crippen molar-refractivity contribution in [3.8, 4) is 0 Å². The number of aliphatic hydroxyl groups excluding tert-OH is 1. The van der Waals surface area contributed by atoms with Crippen LogP contribution in [0, 0.1) is 15.0 Å². The van der Waals surface area contributed by atoms with Gasteiger partial charge in [0.1, 0.15) is 6.61 Å². The first-order valence-corrected chi connectivity index (χ1v) is 3.15. The third kappa shape index (κ3) is 2.02. The van der Waals surface area contributed by atoms with E-state index in [-0.39, 0.29) is 16.0 Å². The van der Waals surface area contributed by atoms with Gasteiger partial charge < -0.3 is 9.94 Å². The first-order chi connectivity index (χ1) is 6.15. The molecule has 0 amide bonds. The van der Waals surface area contributed by atoms with E-state index in [4.69, 9.17) is 5.11 Å². The number of hydrogen-bond donors (Lipinski definition) is 2. The van der Waals surface area contributed by atoms with Gasteiger partial charge in [0.15, 0.2) is 11.2 Å². The molecule has 1 aromatic heterocycles. The van der Waals surface area contributed by atoms with Gasteiger partial charge in [-0.3, -0.25) is 0 Å². The highest BCUT2D eigenvalue weighted by Gasteiger charge is 2.20. The Kier molecular flexibility index (Phi) is 2.59. The topological polar surface area (TPSA) is 125 Å². The molecule has 0 atom stereocenters. The maximum atomic E-state index is 10.7. The lowest BCUT2D eigenvalue weighted by atomic mass is 10.3. The molecule has 13 heavy (non-hydrogen) atoms. The molecule has 0 bridgehead atoms. The van der Waals surface area contributed by atoms with Gasteiger partial charge in [-0.15, -0.1) is 10.1 Å². The van der Waals surface area contributed by atoms with E-state index in [9.17, 15) is 15.0 Å². The van der Waals surface area contributed by atoms with Crippen molar-refractivity contribution >= 4 is 0 Å². The van der Waals surface area contributed by atoms with Crippen LogP contribution in [0.25, 0.3) is 0 Å². The largest absolute Gasteiger partial charge is 0.388 e. The summed E-state index contributed by atoms with van der Waals surface area (Å²) in [5.74, 6) is 0. The van der Waals surface area contributed by atoms with E-state index in [1.807, 2.05) is 0 Å². The maximum absolute atomic E-state index is 10.7.